The van der Waals surface area contributed by atoms with Gasteiger partial charge < -0.3 is 15.4 Å². The summed E-state index contributed by atoms with van der Waals surface area (Å²) in [7, 11) is 1.77. The molecule has 0 bridgehead atoms. The van der Waals surface area contributed by atoms with Crippen LogP contribution >= 0.6 is 0 Å². The van der Waals surface area contributed by atoms with Gasteiger partial charge in [0, 0.05) is 20.2 Å². The molecule has 14 heavy (non-hydrogen) atoms. The summed E-state index contributed by atoms with van der Waals surface area (Å²) < 4.78 is 5.10. The fourth-order valence-corrected chi connectivity index (χ4v) is 2.35. The number of rotatable bonds is 5. The normalized spacial score (nSPS) is 29.4. The Morgan fingerprint density at radius 1 is 1.43 bits per heavy atom. The molecule has 2 N–H and O–H groups in total. The van der Waals surface area contributed by atoms with Crippen LogP contribution in [0.4, 0.5) is 0 Å². The fraction of sp³-hybridized carbons (Fsp3) is 1.00. The molecule has 0 aromatic rings. The minimum atomic E-state index is 0.749. The van der Waals surface area contributed by atoms with Gasteiger partial charge >= 0.3 is 0 Å². The maximum absolute atomic E-state index is 5.77. The molecule has 84 valence electrons. The van der Waals surface area contributed by atoms with E-state index in [-0.39, 0.29) is 0 Å². The highest BCUT2D eigenvalue weighted by Gasteiger charge is 2.26. The van der Waals surface area contributed by atoms with Crippen LogP contribution in [0.2, 0.25) is 0 Å². The summed E-state index contributed by atoms with van der Waals surface area (Å²) in [6.45, 7) is 7.46. The third-order valence-electron chi connectivity index (χ3n) is 3.41. The van der Waals surface area contributed by atoms with Crippen LogP contribution in [0.1, 0.15) is 19.8 Å². The third kappa shape index (κ3) is 3.23. The second kappa shape index (κ2) is 6.38. The van der Waals surface area contributed by atoms with Crippen molar-refractivity contribution in [2.45, 2.75) is 19.8 Å². The van der Waals surface area contributed by atoms with E-state index < -0.39 is 0 Å². The fourth-order valence-electron chi connectivity index (χ4n) is 2.35. The second-order valence-corrected chi connectivity index (χ2v) is 4.25. The summed E-state index contributed by atoms with van der Waals surface area (Å²) in [5, 5.41) is 0. The van der Waals surface area contributed by atoms with Crippen molar-refractivity contribution in [3.8, 4) is 0 Å². The average molecular weight is 200 g/mol. The lowest BCUT2D eigenvalue weighted by Crippen LogP contribution is -2.43. The van der Waals surface area contributed by atoms with Crippen molar-refractivity contribution in [3.63, 3.8) is 0 Å². The maximum atomic E-state index is 5.77. The minimum Gasteiger partial charge on any atom is -0.383 e. The predicted octanol–water partition coefficient (Wildman–Crippen LogP) is 0.940. The molecule has 1 aliphatic heterocycles. The smallest absolute Gasteiger partial charge is 0.0589 e. The molecule has 0 aliphatic carbocycles. The third-order valence-corrected chi connectivity index (χ3v) is 3.41. The standard InChI is InChI=1S/C11H24N2O/c1-3-10-9-13(6-7-14-2)5-4-11(10)8-12/h10-11H,3-9,12H2,1-2H3. The van der Waals surface area contributed by atoms with Crippen molar-refractivity contribution >= 4 is 0 Å². The number of ether oxygens (including phenoxy) is 1. The van der Waals surface area contributed by atoms with Crippen LogP contribution in [0.3, 0.4) is 0 Å². The van der Waals surface area contributed by atoms with Crippen LogP contribution in [0.25, 0.3) is 0 Å². The van der Waals surface area contributed by atoms with Gasteiger partial charge in [-0.25, -0.2) is 0 Å². The largest absolute Gasteiger partial charge is 0.383 e. The number of methoxy groups -OCH3 is 1. The van der Waals surface area contributed by atoms with E-state index in [2.05, 4.69) is 11.8 Å². The Morgan fingerprint density at radius 2 is 2.21 bits per heavy atom. The molecule has 1 heterocycles. The van der Waals surface area contributed by atoms with Crippen LogP contribution in [0.5, 0.6) is 0 Å². The van der Waals surface area contributed by atoms with Crippen molar-refractivity contribution in [2.75, 3.05) is 39.9 Å². The van der Waals surface area contributed by atoms with Gasteiger partial charge in [0.1, 0.15) is 0 Å². The zero-order valence-electron chi connectivity index (χ0n) is 9.54. The molecule has 1 rings (SSSR count). The van der Waals surface area contributed by atoms with Crippen LogP contribution in [0.15, 0.2) is 0 Å². The Hall–Kier alpha value is -0.120. The molecule has 2 unspecified atom stereocenters. The zero-order valence-corrected chi connectivity index (χ0v) is 9.54. The van der Waals surface area contributed by atoms with Gasteiger partial charge in [-0.05, 0) is 31.3 Å². The van der Waals surface area contributed by atoms with E-state index in [4.69, 9.17) is 10.5 Å². The highest BCUT2D eigenvalue weighted by atomic mass is 16.5. The van der Waals surface area contributed by atoms with Gasteiger partial charge in [-0.2, -0.15) is 0 Å². The number of hydrogen-bond donors (Lipinski definition) is 1. The van der Waals surface area contributed by atoms with Crippen molar-refractivity contribution in [1.29, 1.82) is 0 Å². The maximum Gasteiger partial charge on any atom is 0.0589 e. The van der Waals surface area contributed by atoms with Crippen molar-refractivity contribution in [2.24, 2.45) is 17.6 Å². The molecule has 0 amide bonds. The molecule has 1 aliphatic rings. The van der Waals surface area contributed by atoms with E-state index in [1.807, 2.05) is 0 Å². The summed E-state index contributed by atoms with van der Waals surface area (Å²) in [5.41, 5.74) is 5.77. The second-order valence-electron chi connectivity index (χ2n) is 4.25. The first-order valence-electron chi connectivity index (χ1n) is 5.73. The van der Waals surface area contributed by atoms with Crippen molar-refractivity contribution in [3.05, 3.63) is 0 Å². The lowest BCUT2D eigenvalue weighted by atomic mass is 9.84. The zero-order chi connectivity index (χ0) is 10.4. The van der Waals surface area contributed by atoms with E-state index >= 15 is 0 Å². The molecule has 0 aromatic carbocycles. The van der Waals surface area contributed by atoms with Crippen LogP contribution in [-0.2, 0) is 4.74 Å². The minimum absolute atomic E-state index is 0.749. The summed E-state index contributed by atoms with van der Waals surface area (Å²) in [4.78, 5) is 2.50. The molecule has 0 radical (unpaired) electrons. The lowest BCUT2D eigenvalue weighted by molar-refractivity contribution is 0.0860. The SMILES string of the molecule is CCC1CN(CCOC)CCC1CN. The first kappa shape index (κ1) is 12.0. The van der Waals surface area contributed by atoms with Crippen LogP contribution in [-0.4, -0.2) is 44.8 Å². The molecule has 3 heteroatoms. The van der Waals surface area contributed by atoms with Gasteiger partial charge in [-0.3, -0.25) is 0 Å². The number of hydrogen-bond acceptors (Lipinski definition) is 3. The van der Waals surface area contributed by atoms with E-state index in [1.165, 1.54) is 25.9 Å². The van der Waals surface area contributed by atoms with Gasteiger partial charge in [0.15, 0.2) is 0 Å². The molecule has 1 fully saturated rings. The van der Waals surface area contributed by atoms with Gasteiger partial charge in [0.25, 0.3) is 0 Å². The number of nitrogens with zero attached hydrogens (tertiary/aromatic N) is 1. The summed E-state index contributed by atoms with van der Waals surface area (Å²) in [6.07, 6.45) is 2.52. The highest BCUT2D eigenvalue weighted by Crippen LogP contribution is 2.24. The van der Waals surface area contributed by atoms with E-state index in [0.29, 0.717) is 0 Å². The molecule has 3 nitrogen and oxygen atoms in total. The number of nitrogens with two attached hydrogens (primary N) is 1. The van der Waals surface area contributed by atoms with Crippen LogP contribution < -0.4 is 5.73 Å². The van der Waals surface area contributed by atoms with Gasteiger partial charge in [-0.1, -0.05) is 13.3 Å². The van der Waals surface area contributed by atoms with Gasteiger partial charge in [-0.15, -0.1) is 0 Å². The Labute approximate surface area is 87.6 Å². The molecule has 1 saturated heterocycles. The van der Waals surface area contributed by atoms with Gasteiger partial charge in [0.2, 0.25) is 0 Å². The van der Waals surface area contributed by atoms with E-state index in [0.717, 1.165) is 31.5 Å². The quantitative estimate of drug-likeness (QED) is 0.718. The number of likely N-dealkylation sites (tertiary alicyclic amines) is 1. The summed E-state index contributed by atoms with van der Waals surface area (Å²) in [5.74, 6) is 1.55. The Bertz CT molecular complexity index is 152. The van der Waals surface area contributed by atoms with Gasteiger partial charge in [0.05, 0.1) is 6.61 Å². The first-order valence-corrected chi connectivity index (χ1v) is 5.73. The summed E-state index contributed by atoms with van der Waals surface area (Å²) >= 11 is 0. The Kier molecular flexibility index (Phi) is 5.45. The Morgan fingerprint density at radius 3 is 2.79 bits per heavy atom. The van der Waals surface area contributed by atoms with Crippen molar-refractivity contribution in [1.82, 2.24) is 4.90 Å². The van der Waals surface area contributed by atoms with Crippen LogP contribution in [0, 0.1) is 11.8 Å². The molecule has 2 atom stereocenters. The summed E-state index contributed by atoms with van der Waals surface area (Å²) in [6, 6.07) is 0. The predicted molar refractivity (Wildman–Crippen MR) is 59.3 cm³/mol. The first-order chi connectivity index (χ1) is 6.81. The molecule has 0 aromatic heterocycles. The number of piperidine rings is 1. The average Bonchev–Trinajstić information content (AvgIpc) is 2.25. The molecular weight excluding hydrogens is 176 g/mol. The topological polar surface area (TPSA) is 38.5 Å². The molecule has 0 saturated carbocycles. The molecular formula is C11H24N2O. The van der Waals surface area contributed by atoms with E-state index in [9.17, 15) is 0 Å². The highest BCUT2D eigenvalue weighted by molar-refractivity contribution is 4.80. The Balaban J connectivity index is 2.32. The van der Waals surface area contributed by atoms with E-state index in [1.54, 1.807) is 7.11 Å². The molecule has 0 spiro atoms. The monoisotopic (exact) mass is 200 g/mol. The lowest BCUT2D eigenvalue weighted by Gasteiger charge is -2.37. The van der Waals surface area contributed by atoms with Crippen molar-refractivity contribution < 1.29 is 4.74 Å².